The Labute approximate surface area is 497 Å². The van der Waals surface area contributed by atoms with Gasteiger partial charge >= 0.3 is 37.1 Å². The van der Waals surface area contributed by atoms with E-state index in [2.05, 4.69) is 62.3 Å². The van der Waals surface area contributed by atoms with Crippen molar-refractivity contribution in [1.82, 2.24) is 0 Å². The van der Waals surface area contributed by atoms with Crippen molar-refractivity contribution in [2.45, 2.75) is 346 Å². The number of rotatable bonds is 0. The Balaban J connectivity index is -0.0000000129. The van der Waals surface area contributed by atoms with Gasteiger partial charge in [-0.1, -0.05) is 244 Å². The van der Waals surface area contributed by atoms with E-state index in [1.165, 1.54) is 6.42 Å². The van der Waals surface area contributed by atoms with Gasteiger partial charge in [-0.3, -0.25) is 8.78 Å². The van der Waals surface area contributed by atoms with Gasteiger partial charge in [-0.15, -0.1) is 23.2 Å². The van der Waals surface area contributed by atoms with Crippen LogP contribution >= 0.6 is 23.2 Å². The van der Waals surface area contributed by atoms with Crippen molar-refractivity contribution < 1.29 is 87.8 Å². The molecular formula is C57H150Cl2F20. The van der Waals surface area contributed by atoms with Gasteiger partial charge in [-0.05, 0) is 59.8 Å². The maximum absolute atomic E-state index is 11.6. The third-order valence-electron chi connectivity index (χ3n) is 4.00. The lowest BCUT2D eigenvalue weighted by molar-refractivity contribution is -0.327. The Kier molecular flexibility index (Phi) is 204. The van der Waals surface area contributed by atoms with E-state index in [1.807, 2.05) is 20.8 Å². The molecule has 0 aliphatic carbocycles. The van der Waals surface area contributed by atoms with Crippen LogP contribution in [0.3, 0.4) is 0 Å². The molecule has 0 heterocycles. The van der Waals surface area contributed by atoms with Gasteiger partial charge in [0.15, 0.2) is 5.41 Å². The van der Waals surface area contributed by atoms with Crippen molar-refractivity contribution in [1.29, 1.82) is 0 Å². The van der Waals surface area contributed by atoms with Gasteiger partial charge in [-0.25, -0.2) is 0 Å². The first-order chi connectivity index (χ1) is 25.7. The largest absolute Gasteiger partial charge is 0.407 e. The predicted molar refractivity (Wildman–Crippen MR) is 337 cm³/mol. The van der Waals surface area contributed by atoms with E-state index in [9.17, 15) is 87.8 Å². The second kappa shape index (κ2) is 83.6. The molecule has 22 heteroatoms. The maximum atomic E-state index is 11.6. The summed E-state index contributed by atoms with van der Waals surface area (Å²) in [6.07, 6.45) is -26.3. The molecule has 0 aromatic carbocycles. The summed E-state index contributed by atoms with van der Waals surface area (Å²) >= 11 is 10.4. The lowest BCUT2D eigenvalue weighted by Gasteiger charge is -2.29. The smallest absolute Gasteiger partial charge is 0.255 e. The summed E-state index contributed by atoms with van der Waals surface area (Å²) in [6.45, 7) is 34.2. The van der Waals surface area contributed by atoms with Gasteiger partial charge in [0.05, 0.1) is 19.8 Å². The van der Waals surface area contributed by atoms with Gasteiger partial charge < -0.3 is 0 Å². The number of halogens is 22. The van der Waals surface area contributed by atoms with Crippen LogP contribution in [0.1, 0.15) is 299 Å². The van der Waals surface area contributed by atoms with Crippen LogP contribution in [0.25, 0.3) is 0 Å². The minimum absolute atomic E-state index is 0. The van der Waals surface area contributed by atoms with Gasteiger partial charge in [0, 0.05) is 17.2 Å². The molecule has 0 saturated carbocycles. The van der Waals surface area contributed by atoms with Crippen LogP contribution in [0.4, 0.5) is 87.8 Å². The fourth-order valence-electron chi connectivity index (χ4n) is 0.161. The molecule has 0 radical (unpaired) electrons. The lowest BCUT2D eigenvalue weighted by atomic mass is 9.92. The van der Waals surface area contributed by atoms with Crippen LogP contribution in [0, 0.1) is 28.1 Å². The molecule has 0 amide bonds. The highest BCUT2D eigenvalue weighted by molar-refractivity contribution is 6.24. The maximum Gasteiger partial charge on any atom is 0.407 e. The average molecular weight is 1290 g/mol. The van der Waals surface area contributed by atoms with Crippen LogP contribution in [0.5, 0.6) is 0 Å². The van der Waals surface area contributed by atoms with Crippen molar-refractivity contribution in [3.63, 3.8) is 0 Å². The topological polar surface area (TPSA) is 0 Å². The molecule has 0 bridgehead atoms. The molecular weight excluding hydrogens is 1140 g/mol. The number of hydrogen-bond acceptors (Lipinski definition) is 0. The first-order valence-electron chi connectivity index (χ1n) is 18.2. The molecule has 0 rings (SSSR count). The quantitative estimate of drug-likeness (QED) is 0.168. The molecule has 0 spiro atoms. The van der Waals surface area contributed by atoms with Crippen molar-refractivity contribution in [3.05, 3.63) is 0 Å². The van der Waals surface area contributed by atoms with Crippen molar-refractivity contribution >= 4 is 23.2 Å². The van der Waals surface area contributed by atoms with Crippen molar-refractivity contribution in [2.75, 3.05) is 14.4 Å². The summed E-state index contributed by atoms with van der Waals surface area (Å²) in [5, 5.41) is 0. The third-order valence-corrected chi connectivity index (χ3v) is 4.21. The average Bonchev–Trinajstić information content (AvgIpc) is 2.91. The SMILES string of the molecule is C.C.C.C.C.C.C.C.C.C.C.C.C.C.C.C.C.C.CC(C)(C(F)(F)F)C(F)(F)F.CC(C)(C)C.CC(C)(C)C(F)(F)F.CC(C)(C)Cl.CC(C)(Cl)C(F)(F)F.CC(C)C.CC(C)C(F)(F)F.CCC.CCC(F)(F)F.CF.CF. The molecule has 0 aliphatic heterocycles. The minimum Gasteiger partial charge on any atom is -0.255 e. The highest BCUT2D eigenvalue weighted by Crippen LogP contribution is 2.49. The highest BCUT2D eigenvalue weighted by Gasteiger charge is 2.64. The fraction of sp³-hybridized carbons (Fsp3) is 1.00. The van der Waals surface area contributed by atoms with E-state index in [-0.39, 0.29) is 152 Å². The molecule has 0 aromatic heterocycles. The molecule has 0 aromatic rings. The summed E-state index contributed by atoms with van der Waals surface area (Å²) < 4.78 is 224. The zero-order valence-corrected chi connectivity index (χ0v) is 41.9. The zero-order chi connectivity index (χ0) is 54.1. The zero-order valence-electron chi connectivity index (χ0n) is 40.4. The van der Waals surface area contributed by atoms with Crippen LogP contribution in [-0.4, -0.2) is 61.2 Å². The molecule has 532 valence electrons. The van der Waals surface area contributed by atoms with Crippen LogP contribution in [-0.2, 0) is 0 Å². The van der Waals surface area contributed by atoms with E-state index in [1.54, 1.807) is 0 Å². The normalized spacial score (nSPS) is 9.42. The Bertz CT molecular complexity index is 802. The van der Waals surface area contributed by atoms with E-state index < -0.39 is 65.1 Å². The van der Waals surface area contributed by atoms with E-state index >= 15 is 0 Å². The van der Waals surface area contributed by atoms with Crippen molar-refractivity contribution in [2.24, 2.45) is 28.1 Å². The molecule has 0 nitrogen and oxygen atoms in total. The van der Waals surface area contributed by atoms with Gasteiger partial charge in [-0.2, -0.15) is 79.0 Å². The lowest BCUT2D eigenvalue weighted by Crippen LogP contribution is -2.44. The van der Waals surface area contributed by atoms with E-state index in [0.717, 1.165) is 61.3 Å². The van der Waals surface area contributed by atoms with Crippen LogP contribution in [0.2, 0.25) is 0 Å². The first kappa shape index (κ1) is 193. The molecule has 0 atom stereocenters. The monoisotopic (exact) mass is 1290 g/mol. The molecule has 0 aliphatic rings. The van der Waals surface area contributed by atoms with Crippen LogP contribution in [0.15, 0.2) is 0 Å². The molecule has 0 saturated heterocycles. The molecule has 79 heavy (non-hydrogen) atoms. The Hall–Kier alpha value is -0.820. The highest BCUT2D eigenvalue weighted by atomic mass is 35.5. The summed E-state index contributed by atoms with van der Waals surface area (Å²) in [6, 6.07) is 0. The molecule has 0 N–H and O–H groups in total. The van der Waals surface area contributed by atoms with Crippen molar-refractivity contribution in [3.8, 4) is 0 Å². The Morgan fingerprint density at radius 1 is 0.316 bits per heavy atom. The standard InChI is InChI=1S/C5H6F6.C5H9F3.C5H12.C4H6ClF3.C4H9Cl.C4H7F3.C4H10.C3H5F3.C3H8.2CH3F.18CH4/c1-3(2,4(6,7)8)5(9,10)11;1-4(2,3)5(6,7)8;1-5(2,3)4;1-3(2,5)4(6,7)8;1-4(2,3)5;1-3(2)4(5,6)7;1-4(2)3;1-2-3(4,5)6;1-3-2;2*1-2;;;;;;;;;;;;;;;;;;/h1-2H3;1-3H3;1-4H3;1-2H3;1-3H3;3H,1-2H3;4H,1-3H3;2H2,1H3;3H2,1-2H3;2*1H3;18*1H4. The number of hydrogen-bond donors (Lipinski definition) is 0. The predicted octanol–water partition coefficient (Wildman–Crippen LogP) is 32.2. The Morgan fingerprint density at radius 3 is 0.392 bits per heavy atom. The fourth-order valence-corrected chi connectivity index (χ4v) is 0.161. The summed E-state index contributed by atoms with van der Waals surface area (Å²) in [5.74, 6) is -0.368. The summed E-state index contributed by atoms with van der Waals surface area (Å²) in [7, 11) is 1.00. The first-order valence-corrected chi connectivity index (χ1v) is 18.9. The van der Waals surface area contributed by atoms with E-state index in [0.29, 0.717) is 19.8 Å². The minimum atomic E-state index is -5.24. The number of alkyl halides is 22. The van der Waals surface area contributed by atoms with Gasteiger partial charge in [0.1, 0.15) is 4.87 Å². The second-order valence-electron chi connectivity index (χ2n) is 17.5. The van der Waals surface area contributed by atoms with Crippen LogP contribution < -0.4 is 0 Å². The Morgan fingerprint density at radius 2 is 0.392 bits per heavy atom. The third kappa shape index (κ3) is 223. The van der Waals surface area contributed by atoms with Gasteiger partial charge in [0.25, 0.3) is 0 Å². The molecule has 0 fully saturated rings. The summed E-state index contributed by atoms with van der Waals surface area (Å²) in [4.78, 5) is -2.12. The summed E-state index contributed by atoms with van der Waals surface area (Å²) in [5.41, 5.74) is -4.69. The molecule has 0 unspecified atom stereocenters. The van der Waals surface area contributed by atoms with Gasteiger partial charge in [0.2, 0.25) is 0 Å². The second-order valence-corrected chi connectivity index (χ2v) is 19.6. The van der Waals surface area contributed by atoms with E-state index in [4.69, 9.17) is 23.2 Å².